The van der Waals surface area contributed by atoms with Crippen molar-refractivity contribution in [3.8, 4) is 58.9 Å². The molecule has 0 atom stereocenters. The molecule has 0 saturated carbocycles. The third kappa shape index (κ3) is 5.03. The Bertz CT molecular complexity index is 2920. The first-order valence-electron chi connectivity index (χ1n) is 16.1. The molecular weight excluding hydrogens is 686 g/mol. The van der Waals surface area contributed by atoms with Crippen LogP contribution in [-0.4, -0.2) is 9.13 Å². The summed E-state index contributed by atoms with van der Waals surface area (Å²) in [6, 6.07) is 38.6. The monoisotopic (exact) mass is 702 g/mol. The molecule has 0 N–H and O–H groups in total. The fraction of sp³-hybridized carbons (Fsp3) is 0.0233. The van der Waals surface area contributed by atoms with E-state index in [1.165, 1.54) is 18.2 Å². The highest BCUT2D eigenvalue weighted by atomic mass is 19.4. The van der Waals surface area contributed by atoms with Crippen LogP contribution in [0.1, 0.15) is 38.9 Å². The number of fused-ring (bicyclic) bond motifs is 6. The van der Waals surface area contributed by atoms with Crippen LogP contribution in [0.2, 0.25) is 0 Å². The zero-order valence-electron chi connectivity index (χ0n) is 27.5. The van der Waals surface area contributed by atoms with Crippen molar-refractivity contribution < 1.29 is 13.2 Å². The lowest BCUT2D eigenvalue weighted by Gasteiger charge is -2.22. The summed E-state index contributed by atoms with van der Waals surface area (Å²) in [5.74, 6) is 0. The van der Waals surface area contributed by atoms with E-state index in [0.29, 0.717) is 43.6 Å². The van der Waals surface area contributed by atoms with Gasteiger partial charge >= 0.3 is 6.18 Å². The largest absolute Gasteiger partial charge is 0.416 e. The summed E-state index contributed by atoms with van der Waals surface area (Å²) in [6.45, 7) is 0. The van der Waals surface area contributed by atoms with Crippen LogP contribution in [0.5, 0.6) is 0 Å². The topological polar surface area (TPSA) is 153 Å². The van der Waals surface area contributed by atoms with Gasteiger partial charge in [0.15, 0.2) is 0 Å². The summed E-state index contributed by atoms with van der Waals surface area (Å²) in [5.41, 5.74) is 2.29. The smallest absolute Gasteiger partial charge is 0.308 e. The van der Waals surface area contributed by atoms with E-state index in [-0.39, 0.29) is 55.9 Å². The average molecular weight is 703 g/mol. The fourth-order valence-electron chi connectivity index (χ4n) is 7.16. The Kier molecular flexibility index (Phi) is 7.39. The Labute approximate surface area is 304 Å². The maximum absolute atomic E-state index is 14.5. The van der Waals surface area contributed by atoms with E-state index in [1.54, 1.807) is 81.9 Å². The maximum atomic E-state index is 14.5. The van der Waals surface area contributed by atoms with Gasteiger partial charge in [-0.1, -0.05) is 24.3 Å². The van der Waals surface area contributed by atoms with Crippen molar-refractivity contribution in [1.82, 2.24) is 9.13 Å². The molecule has 2 aromatic heterocycles. The molecule has 0 aliphatic carbocycles. The summed E-state index contributed by atoms with van der Waals surface area (Å²) in [6.07, 6.45) is -4.85. The van der Waals surface area contributed by atoms with E-state index in [0.717, 1.165) is 12.1 Å². The van der Waals surface area contributed by atoms with E-state index < -0.39 is 11.7 Å². The zero-order chi connectivity index (χ0) is 37.9. The van der Waals surface area contributed by atoms with Crippen molar-refractivity contribution in [1.29, 1.82) is 31.6 Å². The van der Waals surface area contributed by atoms with Gasteiger partial charge in [0.05, 0.1) is 109 Å². The molecule has 0 fully saturated rings. The highest BCUT2D eigenvalue weighted by molar-refractivity contribution is 6.12. The van der Waals surface area contributed by atoms with E-state index in [2.05, 4.69) is 30.3 Å². The molecule has 0 unspecified atom stereocenters. The lowest BCUT2D eigenvalue weighted by molar-refractivity contribution is -0.137. The summed E-state index contributed by atoms with van der Waals surface area (Å²) < 4.78 is 47.0. The van der Waals surface area contributed by atoms with Crippen LogP contribution in [0.4, 0.5) is 13.2 Å². The summed E-state index contributed by atoms with van der Waals surface area (Å²) >= 11 is 0. The average Bonchev–Trinajstić information content (AvgIpc) is 3.70. The van der Waals surface area contributed by atoms with Gasteiger partial charge in [0.1, 0.15) is 0 Å². The van der Waals surface area contributed by atoms with Crippen molar-refractivity contribution in [3.63, 3.8) is 0 Å². The Morgan fingerprint density at radius 2 is 0.722 bits per heavy atom. The minimum atomic E-state index is -4.85. The number of nitriles is 6. The van der Waals surface area contributed by atoms with Crippen LogP contribution in [0.3, 0.4) is 0 Å². The number of halogens is 3. The third-order valence-corrected chi connectivity index (χ3v) is 9.44. The first-order valence-corrected chi connectivity index (χ1v) is 16.1. The minimum Gasteiger partial charge on any atom is -0.308 e. The number of benzene rings is 6. The predicted molar refractivity (Wildman–Crippen MR) is 194 cm³/mol. The predicted octanol–water partition coefficient (Wildman–Crippen LogP) is 9.80. The minimum absolute atomic E-state index is 0.0263. The first-order chi connectivity index (χ1) is 26.1. The number of alkyl halides is 3. The molecule has 0 radical (unpaired) electrons. The molecule has 8 rings (SSSR count). The number of hydrogen-bond donors (Lipinski definition) is 0. The standard InChI is InChI=1S/C43H17F3N8/c44-43(45,46)31-10-28(22-51)9-30(17-31)42-40(53-36-11-24(18-47)1-5-32(36)33-6-2-25(19-48)12-37(33)53)15-29(23-52)16-41(42)54-38-13-26(20-49)3-7-34(38)35-8-4-27(21-50)14-39(35)54/h1-17H. The van der Waals surface area contributed by atoms with Crippen LogP contribution in [0, 0.1) is 68.0 Å². The molecule has 11 heteroatoms. The second kappa shape index (κ2) is 12.2. The molecule has 0 spiro atoms. The Morgan fingerprint density at radius 3 is 1.04 bits per heavy atom. The van der Waals surface area contributed by atoms with Gasteiger partial charge in [0, 0.05) is 27.1 Å². The molecule has 8 aromatic rings. The number of nitrogens with zero attached hydrogens (tertiary/aromatic N) is 8. The maximum Gasteiger partial charge on any atom is 0.416 e. The molecule has 0 aliphatic rings. The van der Waals surface area contributed by atoms with Gasteiger partial charge in [-0.15, -0.1) is 0 Å². The molecule has 2 heterocycles. The second-order valence-electron chi connectivity index (χ2n) is 12.5. The normalized spacial score (nSPS) is 11.1. The molecule has 0 bridgehead atoms. The van der Waals surface area contributed by atoms with Crippen LogP contribution >= 0.6 is 0 Å². The molecular formula is C43H17F3N8. The molecule has 6 aromatic carbocycles. The molecule has 54 heavy (non-hydrogen) atoms. The van der Waals surface area contributed by atoms with Gasteiger partial charge in [-0.05, 0) is 84.4 Å². The van der Waals surface area contributed by atoms with Crippen molar-refractivity contribution >= 4 is 43.6 Å². The van der Waals surface area contributed by atoms with E-state index in [4.69, 9.17) is 0 Å². The van der Waals surface area contributed by atoms with Crippen LogP contribution < -0.4 is 0 Å². The Hall–Kier alpha value is -8.35. The Balaban J connectivity index is 1.67. The van der Waals surface area contributed by atoms with Crippen molar-refractivity contribution in [2.45, 2.75) is 6.18 Å². The van der Waals surface area contributed by atoms with Crippen molar-refractivity contribution in [2.24, 2.45) is 0 Å². The SMILES string of the molecule is N#Cc1cc(-c2c(-n3c4cc(C#N)ccc4c4ccc(C#N)cc43)cc(C#N)cc2-n2c3cc(C#N)ccc3c3ccc(C#N)cc32)cc(C(F)(F)F)c1. The van der Waals surface area contributed by atoms with Crippen LogP contribution in [-0.2, 0) is 6.18 Å². The fourth-order valence-corrected chi connectivity index (χ4v) is 7.16. The molecule has 0 aliphatic heterocycles. The first kappa shape index (κ1) is 32.8. The number of aromatic nitrogens is 2. The third-order valence-electron chi connectivity index (χ3n) is 9.44. The molecule has 250 valence electrons. The number of rotatable bonds is 3. The Morgan fingerprint density at radius 1 is 0.389 bits per heavy atom. The van der Waals surface area contributed by atoms with Gasteiger partial charge in [-0.2, -0.15) is 44.7 Å². The zero-order valence-corrected chi connectivity index (χ0v) is 27.5. The van der Waals surface area contributed by atoms with E-state index in [9.17, 15) is 44.7 Å². The molecule has 8 nitrogen and oxygen atoms in total. The van der Waals surface area contributed by atoms with E-state index in [1.807, 2.05) is 6.07 Å². The highest BCUT2D eigenvalue weighted by Crippen LogP contribution is 2.44. The molecule has 0 amide bonds. The van der Waals surface area contributed by atoms with Crippen molar-refractivity contribution in [3.05, 3.63) is 142 Å². The highest BCUT2D eigenvalue weighted by Gasteiger charge is 2.33. The molecule has 0 saturated heterocycles. The van der Waals surface area contributed by atoms with Crippen LogP contribution in [0.25, 0.3) is 66.1 Å². The van der Waals surface area contributed by atoms with Gasteiger partial charge < -0.3 is 9.13 Å². The van der Waals surface area contributed by atoms with E-state index >= 15 is 0 Å². The summed E-state index contributed by atoms with van der Waals surface area (Å²) in [7, 11) is 0. The van der Waals surface area contributed by atoms with Crippen LogP contribution in [0.15, 0.2) is 103 Å². The van der Waals surface area contributed by atoms with Gasteiger partial charge in [0.25, 0.3) is 0 Å². The quantitative estimate of drug-likeness (QED) is 0.179. The lowest BCUT2D eigenvalue weighted by Crippen LogP contribution is -2.08. The van der Waals surface area contributed by atoms with Gasteiger partial charge in [-0.3, -0.25) is 0 Å². The summed E-state index contributed by atoms with van der Waals surface area (Å²) in [4.78, 5) is 0. The number of hydrogen-bond acceptors (Lipinski definition) is 6. The van der Waals surface area contributed by atoms with Crippen molar-refractivity contribution in [2.75, 3.05) is 0 Å². The van der Waals surface area contributed by atoms with Gasteiger partial charge in [-0.25, -0.2) is 0 Å². The summed E-state index contributed by atoms with van der Waals surface area (Å²) in [5, 5.41) is 62.9. The van der Waals surface area contributed by atoms with Gasteiger partial charge in [0.2, 0.25) is 0 Å². The second-order valence-corrected chi connectivity index (χ2v) is 12.5. The lowest BCUT2D eigenvalue weighted by atomic mass is 9.94.